The van der Waals surface area contributed by atoms with Gasteiger partial charge < -0.3 is 24.1 Å². The second-order valence-corrected chi connectivity index (χ2v) is 5.93. The Labute approximate surface area is 108 Å². The molecule has 0 saturated carbocycles. The van der Waals surface area contributed by atoms with Gasteiger partial charge in [0.15, 0.2) is 12.1 Å². The zero-order valence-corrected chi connectivity index (χ0v) is 12.0. The molecule has 106 valence electrons. The number of ether oxygens (including phenoxy) is 4. The zero-order valence-electron chi connectivity index (χ0n) is 12.0. The van der Waals surface area contributed by atoms with Crippen molar-refractivity contribution in [1.29, 1.82) is 0 Å². The molecule has 2 rings (SSSR count). The number of hydrogen-bond acceptors (Lipinski definition) is 5. The summed E-state index contributed by atoms with van der Waals surface area (Å²) in [5.74, 6) is -0.586. The Balaban J connectivity index is 2.32. The Kier molecular flexibility index (Phi) is 3.49. The van der Waals surface area contributed by atoms with Gasteiger partial charge in [0.2, 0.25) is 0 Å². The van der Waals surface area contributed by atoms with Gasteiger partial charge in [-0.3, -0.25) is 0 Å². The number of hydrogen-bond donors (Lipinski definition) is 1. The lowest BCUT2D eigenvalue weighted by Gasteiger charge is -2.41. The molecule has 1 N–H and O–H groups in total. The summed E-state index contributed by atoms with van der Waals surface area (Å²) in [6, 6.07) is 0. The van der Waals surface area contributed by atoms with Gasteiger partial charge >= 0.3 is 0 Å². The lowest BCUT2D eigenvalue weighted by molar-refractivity contribution is -0.269. The molecule has 0 aromatic heterocycles. The molecule has 18 heavy (non-hydrogen) atoms. The summed E-state index contributed by atoms with van der Waals surface area (Å²) in [7, 11) is 1.62. The third kappa shape index (κ3) is 1.89. The first-order valence-corrected chi connectivity index (χ1v) is 6.49. The van der Waals surface area contributed by atoms with Crippen molar-refractivity contribution in [3.8, 4) is 0 Å². The largest absolute Gasteiger partial charge is 0.390 e. The summed E-state index contributed by atoms with van der Waals surface area (Å²) >= 11 is 0. The fourth-order valence-electron chi connectivity index (χ4n) is 3.18. The molecule has 2 aliphatic heterocycles. The van der Waals surface area contributed by atoms with Crippen LogP contribution in [-0.2, 0) is 18.9 Å². The zero-order chi connectivity index (χ0) is 13.7. The van der Waals surface area contributed by atoms with E-state index in [1.54, 1.807) is 14.0 Å². The standard InChI is InChI=1S/C13H24O5/c1-7(2)13(8(3)14)10(15-6)9-11(18-13)17-12(4,5)16-9/h7-11,14H,1-6H3/t8-,9-,10+,11+,13?/m1/s1. The van der Waals surface area contributed by atoms with Gasteiger partial charge in [0.05, 0.1) is 6.10 Å². The Morgan fingerprint density at radius 3 is 2.17 bits per heavy atom. The van der Waals surface area contributed by atoms with Gasteiger partial charge in [-0.2, -0.15) is 0 Å². The molecule has 0 aromatic carbocycles. The molecule has 1 unspecified atom stereocenters. The number of methoxy groups -OCH3 is 1. The third-order valence-corrected chi connectivity index (χ3v) is 3.96. The molecule has 2 fully saturated rings. The average molecular weight is 260 g/mol. The number of rotatable bonds is 3. The van der Waals surface area contributed by atoms with Crippen molar-refractivity contribution in [3.63, 3.8) is 0 Å². The summed E-state index contributed by atoms with van der Waals surface area (Å²) < 4.78 is 23.2. The molecule has 0 bridgehead atoms. The predicted octanol–water partition coefficient (Wildman–Crippen LogP) is 1.28. The molecule has 0 amide bonds. The van der Waals surface area contributed by atoms with Gasteiger partial charge in [0.25, 0.3) is 0 Å². The highest BCUT2D eigenvalue weighted by atomic mass is 16.8. The van der Waals surface area contributed by atoms with Crippen LogP contribution in [0.4, 0.5) is 0 Å². The first-order valence-electron chi connectivity index (χ1n) is 6.49. The summed E-state index contributed by atoms with van der Waals surface area (Å²) in [4.78, 5) is 0. The van der Waals surface area contributed by atoms with Crippen LogP contribution in [0.15, 0.2) is 0 Å². The van der Waals surface area contributed by atoms with Crippen molar-refractivity contribution in [1.82, 2.24) is 0 Å². The second kappa shape index (κ2) is 4.42. The highest BCUT2D eigenvalue weighted by Gasteiger charge is 2.65. The monoisotopic (exact) mass is 260 g/mol. The Morgan fingerprint density at radius 1 is 1.11 bits per heavy atom. The minimum atomic E-state index is -0.791. The topological polar surface area (TPSA) is 57.2 Å². The molecule has 2 saturated heterocycles. The highest BCUT2D eigenvalue weighted by molar-refractivity contribution is 5.08. The molecule has 5 atom stereocenters. The van der Waals surface area contributed by atoms with Crippen molar-refractivity contribution in [3.05, 3.63) is 0 Å². The van der Waals surface area contributed by atoms with Gasteiger partial charge in [-0.15, -0.1) is 0 Å². The highest BCUT2D eigenvalue weighted by Crippen LogP contribution is 2.47. The third-order valence-electron chi connectivity index (χ3n) is 3.96. The quantitative estimate of drug-likeness (QED) is 0.828. The maximum absolute atomic E-state index is 10.1. The Bertz CT molecular complexity index is 305. The van der Waals surface area contributed by atoms with Gasteiger partial charge in [0.1, 0.15) is 17.8 Å². The second-order valence-electron chi connectivity index (χ2n) is 5.93. The minimum Gasteiger partial charge on any atom is -0.390 e. The van der Waals surface area contributed by atoms with Crippen LogP contribution in [0, 0.1) is 5.92 Å². The first kappa shape index (κ1) is 14.2. The summed E-state index contributed by atoms with van der Waals surface area (Å²) in [6.45, 7) is 9.43. The van der Waals surface area contributed by atoms with E-state index >= 15 is 0 Å². The molecule has 0 aliphatic carbocycles. The van der Waals surface area contributed by atoms with E-state index in [1.165, 1.54) is 0 Å². The molecule has 0 aromatic rings. The molecule has 2 aliphatic rings. The van der Waals surface area contributed by atoms with E-state index in [0.717, 1.165) is 0 Å². The lowest BCUT2D eigenvalue weighted by Crippen LogP contribution is -2.56. The summed E-state index contributed by atoms with van der Waals surface area (Å²) in [5.41, 5.74) is -0.791. The average Bonchev–Trinajstić information content (AvgIpc) is 2.66. The van der Waals surface area contributed by atoms with Crippen LogP contribution in [0.25, 0.3) is 0 Å². The maximum atomic E-state index is 10.1. The van der Waals surface area contributed by atoms with Crippen LogP contribution in [0.2, 0.25) is 0 Å². The van der Waals surface area contributed by atoms with E-state index in [-0.39, 0.29) is 18.1 Å². The maximum Gasteiger partial charge on any atom is 0.190 e. The molecular formula is C13H24O5. The van der Waals surface area contributed by atoms with Crippen LogP contribution in [0.5, 0.6) is 0 Å². The number of aliphatic hydroxyl groups excluding tert-OH is 1. The van der Waals surface area contributed by atoms with Crippen molar-refractivity contribution < 1.29 is 24.1 Å². The van der Waals surface area contributed by atoms with Gasteiger partial charge in [-0.1, -0.05) is 13.8 Å². The van der Waals surface area contributed by atoms with Gasteiger partial charge in [-0.25, -0.2) is 0 Å². The Hall–Kier alpha value is -0.200. The van der Waals surface area contributed by atoms with Crippen molar-refractivity contribution in [2.45, 2.75) is 70.6 Å². The lowest BCUT2D eigenvalue weighted by atomic mass is 9.80. The van der Waals surface area contributed by atoms with Crippen molar-refractivity contribution in [2.24, 2.45) is 5.92 Å². The van der Waals surface area contributed by atoms with E-state index in [1.807, 2.05) is 27.7 Å². The van der Waals surface area contributed by atoms with E-state index in [2.05, 4.69) is 0 Å². The van der Waals surface area contributed by atoms with Crippen LogP contribution in [0.3, 0.4) is 0 Å². The van der Waals surface area contributed by atoms with Crippen LogP contribution < -0.4 is 0 Å². The normalized spacial score (nSPS) is 44.3. The molecule has 0 radical (unpaired) electrons. The van der Waals surface area contributed by atoms with E-state index < -0.39 is 23.8 Å². The Morgan fingerprint density at radius 2 is 1.72 bits per heavy atom. The summed E-state index contributed by atoms with van der Waals surface area (Å²) in [6.07, 6.45) is -1.79. The summed E-state index contributed by atoms with van der Waals surface area (Å²) in [5, 5.41) is 10.1. The minimum absolute atomic E-state index is 0.0864. The van der Waals surface area contributed by atoms with Crippen LogP contribution in [-0.4, -0.2) is 48.2 Å². The molecule has 5 heteroatoms. The smallest absolute Gasteiger partial charge is 0.190 e. The van der Waals surface area contributed by atoms with E-state index in [9.17, 15) is 5.11 Å². The molecule has 2 heterocycles. The van der Waals surface area contributed by atoms with Crippen LogP contribution in [0.1, 0.15) is 34.6 Å². The molecular weight excluding hydrogens is 236 g/mol. The fraction of sp³-hybridized carbons (Fsp3) is 1.00. The number of fused-ring (bicyclic) bond motifs is 1. The predicted molar refractivity (Wildman–Crippen MR) is 65.0 cm³/mol. The van der Waals surface area contributed by atoms with E-state index in [4.69, 9.17) is 18.9 Å². The number of aliphatic hydroxyl groups is 1. The molecule has 0 spiro atoms. The van der Waals surface area contributed by atoms with Gasteiger partial charge in [-0.05, 0) is 26.7 Å². The SMILES string of the molecule is CO[C@H]1[C@H]2OC(C)(C)O[C@H]2OC1(C(C)C)[C@@H](C)O. The molecule has 5 nitrogen and oxygen atoms in total. The van der Waals surface area contributed by atoms with Crippen molar-refractivity contribution >= 4 is 0 Å². The van der Waals surface area contributed by atoms with E-state index in [0.29, 0.717) is 0 Å². The van der Waals surface area contributed by atoms with Crippen molar-refractivity contribution in [2.75, 3.05) is 7.11 Å². The van der Waals surface area contributed by atoms with Crippen LogP contribution >= 0.6 is 0 Å². The fourth-order valence-corrected chi connectivity index (χ4v) is 3.18. The first-order chi connectivity index (χ1) is 8.24. The van der Waals surface area contributed by atoms with Gasteiger partial charge in [0, 0.05) is 7.11 Å².